The predicted molar refractivity (Wildman–Crippen MR) is 109 cm³/mol. The molecule has 0 spiro atoms. The van der Waals surface area contributed by atoms with Gasteiger partial charge in [0, 0.05) is 23.9 Å². The molecular weight excluding hydrogens is 384 g/mol. The third-order valence-corrected chi connectivity index (χ3v) is 4.88. The number of nitrogens with two attached hydrogens (primary N) is 1. The van der Waals surface area contributed by atoms with E-state index in [4.69, 9.17) is 19.9 Å². The maximum atomic E-state index is 12.6. The molecule has 1 amide bonds. The highest BCUT2D eigenvalue weighted by Gasteiger charge is 2.28. The van der Waals surface area contributed by atoms with Crippen molar-refractivity contribution in [1.82, 2.24) is 4.98 Å². The summed E-state index contributed by atoms with van der Waals surface area (Å²) < 4.78 is 17.1. The van der Waals surface area contributed by atoms with Crippen LogP contribution in [0.5, 0.6) is 17.4 Å². The molecule has 1 aromatic heterocycles. The van der Waals surface area contributed by atoms with Gasteiger partial charge in [0.05, 0.1) is 19.1 Å². The summed E-state index contributed by atoms with van der Waals surface area (Å²) in [6.45, 7) is 0.302. The van der Waals surface area contributed by atoms with Gasteiger partial charge in [-0.3, -0.25) is 9.59 Å². The van der Waals surface area contributed by atoms with Gasteiger partial charge in [0.25, 0.3) is 0 Å². The summed E-state index contributed by atoms with van der Waals surface area (Å²) in [5.41, 5.74) is 7.93. The SMILES string of the molecule is COc1cc(C2CC(=O)c3ccc(OCc4ccc(C(N)=O)cc4)cc3O2)ccn1. The van der Waals surface area contributed by atoms with Crippen molar-refractivity contribution in [2.45, 2.75) is 19.1 Å². The monoisotopic (exact) mass is 404 g/mol. The molecular formula is C23H20N2O5. The van der Waals surface area contributed by atoms with E-state index in [0.717, 1.165) is 11.1 Å². The number of nitrogens with zero attached hydrogens (tertiary/aromatic N) is 1. The summed E-state index contributed by atoms with van der Waals surface area (Å²) in [6.07, 6.45) is 1.45. The van der Waals surface area contributed by atoms with Crippen LogP contribution in [0.2, 0.25) is 0 Å². The second-order valence-corrected chi connectivity index (χ2v) is 6.87. The van der Waals surface area contributed by atoms with Crippen LogP contribution in [0.3, 0.4) is 0 Å². The van der Waals surface area contributed by atoms with E-state index >= 15 is 0 Å². The molecule has 0 saturated heterocycles. The van der Waals surface area contributed by atoms with Crippen molar-refractivity contribution >= 4 is 11.7 Å². The Hall–Kier alpha value is -3.87. The molecule has 1 aliphatic heterocycles. The van der Waals surface area contributed by atoms with Gasteiger partial charge in [-0.2, -0.15) is 0 Å². The summed E-state index contributed by atoms with van der Waals surface area (Å²) in [5, 5.41) is 0. The van der Waals surface area contributed by atoms with Crippen LogP contribution in [0.15, 0.2) is 60.8 Å². The molecule has 0 radical (unpaired) electrons. The Morgan fingerprint density at radius 2 is 1.97 bits per heavy atom. The topological polar surface area (TPSA) is 101 Å². The van der Waals surface area contributed by atoms with Crippen LogP contribution in [0.25, 0.3) is 0 Å². The van der Waals surface area contributed by atoms with Gasteiger partial charge in [0.2, 0.25) is 11.8 Å². The molecule has 2 heterocycles. The lowest BCUT2D eigenvalue weighted by Crippen LogP contribution is -2.20. The number of aromatic nitrogens is 1. The van der Waals surface area contributed by atoms with Crippen molar-refractivity contribution in [3.8, 4) is 17.4 Å². The molecule has 2 aromatic carbocycles. The molecule has 0 fully saturated rings. The third-order valence-electron chi connectivity index (χ3n) is 4.88. The molecule has 7 nitrogen and oxygen atoms in total. The van der Waals surface area contributed by atoms with E-state index in [1.165, 1.54) is 0 Å². The van der Waals surface area contributed by atoms with Gasteiger partial charge in [-0.15, -0.1) is 0 Å². The van der Waals surface area contributed by atoms with E-state index < -0.39 is 12.0 Å². The summed E-state index contributed by atoms with van der Waals surface area (Å²) in [6, 6.07) is 15.6. The van der Waals surface area contributed by atoms with Gasteiger partial charge < -0.3 is 19.9 Å². The predicted octanol–water partition coefficient (Wildman–Crippen LogP) is 3.47. The number of carbonyl (C=O) groups is 2. The van der Waals surface area contributed by atoms with Crippen molar-refractivity contribution in [1.29, 1.82) is 0 Å². The molecule has 30 heavy (non-hydrogen) atoms. The van der Waals surface area contributed by atoms with E-state index in [0.29, 0.717) is 35.1 Å². The molecule has 152 valence electrons. The Morgan fingerprint density at radius 3 is 2.70 bits per heavy atom. The van der Waals surface area contributed by atoms with Gasteiger partial charge in [0.15, 0.2) is 5.78 Å². The molecule has 0 aliphatic carbocycles. The van der Waals surface area contributed by atoms with Gasteiger partial charge in [0.1, 0.15) is 24.2 Å². The number of fused-ring (bicyclic) bond motifs is 1. The number of Topliss-reactive ketones (excluding diaryl/α,β-unsaturated/α-hetero) is 1. The Morgan fingerprint density at radius 1 is 1.17 bits per heavy atom. The van der Waals surface area contributed by atoms with Crippen LogP contribution in [-0.2, 0) is 6.61 Å². The number of pyridine rings is 1. The maximum absolute atomic E-state index is 12.6. The number of hydrogen-bond donors (Lipinski definition) is 1. The average Bonchev–Trinajstić information content (AvgIpc) is 2.77. The van der Waals surface area contributed by atoms with Crippen molar-refractivity contribution in [2.75, 3.05) is 7.11 Å². The maximum Gasteiger partial charge on any atom is 0.248 e. The minimum Gasteiger partial charge on any atom is -0.489 e. The largest absolute Gasteiger partial charge is 0.489 e. The van der Waals surface area contributed by atoms with Crippen LogP contribution in [0.4, 0.5) is 0 Å². The third kappa shape index (κ3) is 4.10. The number of hydrogen-bond acceptors (Lipinski definition) is 6. The second-order valence-electron chi connectivity index (χ2n) is 6.87. The smallest absolute Gasteiger partial charge is 0.248 e. The number of carbonyl (C=O) groups excluding carboxylic acids is 2. The van der Waals surface area contributed by atoms with Crippen LogP contribution in [0.1, 0.15) is 44.4 Å². The van der Waals surface area contributed by atoms with Gasteiger partial charge >= 0.3 is 0 Å². The fraction of sp³-hybridized carbons (Fsp3) is 0.174. The lowest BCUT2D eigenvalue weighted by molar-refractivity contribution is 0.0848. The van der Waals surface area contributed by atoms with Crippen LogP contribution >= 0.6 is 0 Å². The summed E-state index contributed by atoms with van der Waals surface area (Å²) in [7, 11) is 1.54. The lowest BCUT2D eigenvalue weighted by Gasteiger charge is -2.26. The molecule has 4 rings (SSSR count). The second kappa shape index (κ2) is 8.24. The Balaban J connectivity index is 1.49. The van der Waals surface area contributed by atoms with E-state index in [1.807, 2.05) is 6.07 Å². The summed E-state index contributed by atoms with van der Waals surface area (Å²) >= 11 is 0. The van der Waals surface area contributed by atoms with Crippen LogP contribution in [-0.4, -0.2) is 23.8 Å². The minimum atomic E-state index is -0.472. The van der Waals surface area contributed by atoms with Crippen LogP contribution in [0, 0.1) is 0 Å². The number of ether oxygens (including phenoxy) is 3. The number of ketones is 1. The Labute approximate surface area is 173 Å². The first-order chi connectivity index (χ1) is 14.5. The molecule has 3 aromatic rings. The zero-order valence-corrected chi connectivity index (χ0v) is 16.3. The van der Waals surface area contributed by atoms with Crippen molar-refractivity contribution in [2.24, 2.45) is 5.73 Å². The van der Waals surface area contributed by atoms with Crippen molar-refractivity contribution in [3.05, 3.63) is 83.0 Å². The van der Waals surface area contributed by atoms with E-state index in [2.05, 4.69) is 4.98 Å². The quantitative estimate of drug-likeness (QED) is 0.675. The molecule has 7 heteroatoms. The molecule has 1 aliphatic rings. The zero-order chi connectivity index (χ0) is 21.1. The highest BCUT2D eigenvalue weighted by Crippen LogP contribution is 2.37. The van der Waals surface area contributed by atoms with Crippen molar-refractivity contribution in [3.63, 3.8) is 0 Å². The molecule has 0 bridgehead atoms. The lowest BCUT2D eigenvalue weighted by atomic mass is 9.96. The highest BCUT2D eigenvalue weighted by molar-refractivity contribution is 6.00. The number of amides is 1. The molecule has 2 N–H and O–H groups in total. The Bertz CT molecular complexity index is 1100. The number of methoxy groups -OCH3 is 1. The van der Waals surface area contributed by atoms with Gasteiger partial charge in [-0.25, -0.2) is 4.98 Å². The summed E-state index contributed by atoms with van der Waals surface area (Å²) in [5.74, 6) is 1.06. The van der Waals surface area contributed by atoms with Crippen molar-refractivity contribution < 1.29 is 23.8 Å². The fourth-order valence-corrected chi connectivity index (χ4v) is 3.25. The van der Waals surface area contributed by atoms with Crippen LogP contribution < -0.4 is 19.9 Å². The fourth-order valence-electron chi connectivity index (χ4n) is 3.25. The minimum absolute atomic E-state index is 0.00520. The standard InChI is InChI=1S/C23H20N2O5/c1-28-22-10-16(8-9-25-22)20-12-19(26)18-7-6-17(11-21(18)30-20)29-13-14-2-4-15(5-3-14)23(24)27/h2-11,20H,12-13H2,1H3,(H2,24,27). The first-order valence-electron chi connectivity index (χ1n) is 9.39. The number of benzene rings is 2. The Kier molecular flexibility index (Phi) is 5.34. The zero-order valence-electron chi connectivity index (χ0n) is 16.3. The van der Waals surface area contributed by atoms with Gasteiger partial charge in [-0.1, -0.05) is 12.1 Å². The van der Waals surface area contributed by atoms with E-state index in [1.54, 1.807) is 61.8 Å². The number of rotatable bonds is 6. The highest BCUT2D eigenvalue weighted by atomic mass is 16.5. The molecule has 0 saturated carbocycles. The average molecular weight is 404 g/mol. The normalized spacial score (nSPS) is 15.1. The first-order valence-corrected chi connectivity index (χ1v) is 9.39. The first kappa shape index (κ1) is 19.4. The summed E-state index contributed by atoms with van der Waals surface area (Å²) in [4.78, 5) is 27.8. The van der Waals surface area contributed by atoms with E-state index in [-0.39, 0.29) is 12.2 Å². The van der Waals surface area contributed by atoms with Gasteiger partial charge in [-0.05, 0) is 41.5 Å². The molecule has 1 unspecified atom stereocenters. The van der Waals surface area contributed by atoms with E-state index in [9.17, 15) is 9.59 Å². The number of primary amides is 1. The molecule has 1 atom stereocenters.